The Kier molecular flexibility index (Phi) is 4.96. The van der Waals surface area contributed by atoms with Crippen molar-refractivity contribution in [3.63, 3.8) is 0 Å². The van der Waals surface area contributed by atoms with Gasteiger partial charge in [-0.25, -0.2) is 9.97 Å². The minimum absolute atomic E-state index is 0.684. The SMILES string of the molecule is Cc1nc(NCc2ccccc2C)cc(Nc2cccc(Cl)c2)n1. The smallest absolute Gasteiger partial charge is 0.136 e. The highest BCUT2D eigenvalue weighted by molar-refractivity contribution is 6.30. The van der Waals surface area contributed by atoms with E-state index in [-0.39, 0.29) is 0 Å². The molecule has 2 N–H and O–H groups in total. The summed E-state index contributed by atoms with van der Waals surface area (Å²) in [6.07, 6.45) is 0. The number of aryl methyl sites for hydroxylation is 2. The first-order valence-electron chi connectivity index (χ1n) is 7.77. The lowest BCUT2D eigenvalue weighted by Gasteiger charge is -2.11. The molecule has 0 aliphatic carbocycles. The van der Waals surface area contributed by atoms with E-state index in [4.69, 9.17) is 11.6 Å². The summed E-state index contributed by atoms with van der Waals surface area (Å²) < 4.78 is 0. The highest BCUT2D eigenvalue weighted by Crippen LogP contribution is 2.21. The van der Waals surface area contributed by atoms with Crippen molar-refractivity contribution in [2.75, 3.05) is 10.6 Å². The first kappa shape index (κ1) is 16.3. The number of aromatic nitrogens is 2. The van der Waals surface area contributed by atoms with E-state index in [1.54, 1.807) is 0 Å². The molecule has 3 rings (SSSR count). The molecule has 0 unspecified atom stereocenters. The molecule has 0 atom stereocenters. The molecular weight excluding hydrogens is 320 g/mol. The summed E-state index contributed by atoms with van der Waals surface area (Å²) in [7, 11) is 0. The summed E-state index contributed by atoms with van der Waals surface area (Å²) in [5.41, 5.74) is 3.40. The van der Waals surface area contributed by atoms with Crippen LogP contribution in [0.1, 0.15) is 17.0 Å². The number of rotatable bonds is 5. The zero-order valence-corrected chi connectivity index (χ0v) is 14.4. The van der Waals surface area contributed by atoms with Crippen molar-refractivity contribution < 1.29 is 0 Å². The monoisotopic (exact) mass is 338 g/mol. The Bertz CT molecular complexity index is 848. The van der Waals surface area contributed by atoms with Gasteiger partial charge in [-0.05, 0) is 43.2 Å². The molecule has 0 spiro atoms. The summed E-state index contributed by atoms with van der Waals surface area (Å²) in [4.78, 5) is 8.88. The van der Waals surface area contributed by atoms with Gasteiger partial charge in [0.1, 0.15) is 17.5 Å². The lowest BCUT2D eigenvalue weighted by Crippen LogP contribution is -2.06. The lowest BCUT2D eigenvalue weighted by atomic mass is 10.1. The van der Waals surface area contributed by atoms with E-state index in [0.717, 1.165) is 23.9 Å². The minimum Gasteiger partial charge on any atom is -0.366 e. The van der Waals surface area contributed by atoms with Gasteiger partial charge in [0, 0.05) is 23.3 Å². The van der Waals surface area contributed by atoms with Crippen LogP contribution in [0.25, 0.3) is 0 Å². The van der Waals surface area contributed by atoms with Crippen LogP contribution in [0.3, 0.4) is 0 Å². The number of nitrogens with one attached hydrogen (secondary N) is 2. The van der Waals surface area contributed by atoms with Crippen LogP contribution in [0.15, 0.2) is 54.6 Å². The summed E-state index contributed by atoms with van der Waals surface area (Å²) in [5, 5.41) is 7.31. The van der Waals surface area contributed by atoms with Crippen LogP contribution in [-0.4, -0.2) is 9.97 Å². The number of nitrogens with zero attached hydrogens (tertiary/aromatic N) is 2. The van der Waals surface area contributed by atoms with E-state index in [1.165, 1.54) is 11.1 Å². The van der Waals surface area contributed by atoms with Crippen molar-refractivity contribution in [1.29, 1.82) is 0 Å². The van der Waals surface area contributed by atoms with Gasteiger partial charge in [-0.1, -0.05) is 41.9 Å². The van der Waals surface area contributed by atoms with Crippen LogP contribution in [0, 0.1) is 13.8 Å². The van der Waals surface area contributed by atoms with E-state index >= 15 is 0 Å². The Labute approximate surface area is 146 Å². The maximum absolute atomic E-state index is 6.02. The minimum atomic E-state index is 0.684. The fourth-order valence-corrected chi connectivity index (χ4v) is 2.62. The molecule has 0 amide bonds. The van der Waals surface area contributed by atoms with Gasteiger partial charge in [-0.15, -0.1) is 0 Å². The summed E-state index contributed by atoms with van der Waals surface area (Å²) in [5.74, 6) is 2.22. The van der Waals surface area contributed by atoms with Crippen LogP contribution in [0.4, 0.5) is 17.3 Å². The van der Waals surface area contributed by atoms with E-state index in [2.05, 4.69) is 39.7 Å². The molecule has 0 saturated heterocycles. The first-order chi connectivity index (χ1) is 11.6. The van der Waals surface area contributed by atoms with Gasteiger partial charge in [0.15, 0.2) is 0 Å². The van der Waals surface area contributed by atoms with Crippen molar-refractivity contribution in [2.24, 2.45) is 0 Å². The fraction of sp³-hybridized carbons (Fsp3) is 0.158. The normalized spacial score (nSPS) is 10.5. The lowest BCUT2D eigenvalue weighted by molar-refractivity contribution is 1.02. The number of anilines is 3. The Hall–Kier alpha value is -2.59. The molecule has 1 aromatic heterocycles. The van der Waals surface area contributed by atoms with Crippen LogP contribution in [-0.2, 0) is 6.54 Å². The predicted octanol–water partition coefficient (Wildman–Crippen LogP) is 5.10. The van der Waals surface area contributed by atoms with Gasteiger partial charge in [-0.3, -0.25) is 0 Å². The molecular formula is C19H19ClN4. The first-order valence-corrected chi connectivity index (χ1v) is 8.14. The van der Waals surface area contributed by atoms with E-state index < -0.39 is 0 Å². The third-order valence-corrected chi connectivity index (χ3v) is 3.89. The molecule has 5 heteroatoms. The average Bonchev–Trinajstić information content (AvgIpc) is 2.53. The van der Waals surface area contributed by atoms with E-state index in [0.29, 0.717) is 10.8 Å². The van der Waals surface area contributed by atoms with Crippen molar-refractivity contribution in [3.8, 4) is 0 Å². The average molecular weight is 339 g/mol. The van der Waals surface area contributed by atoms with Gasteiger partial charge < -0.3 is 10.6 Å². The molecule has 24 heavy (non-hydrogen) atoms. The van der Waals surface area contributed by atoms with Crippen LogP contribution in [0.5, 0.6) is 0 Å². The van der Waals surface area contributed by atoms with Gasteiger partial charge in [0.05, 0.1) is 0 Å². The summed E-state index contributed by atoms with van der Waals surface area (Å²) in [6.45, 7) is 4.70. The highest BCUT2D eigenvalue weighted by Gasteiger charge is 2.04. The standard InChI is InChI=1S/C19H19ClN4/c1-13-6-3-4-7-15(13)12-21-18-11-19(23-14(2)22-18)24-17-9-5-8-16(20)10-17/h3-11H,12H2,1-2H3,(H2,21,22,23,24). The number of halogens is 1. The molecule has 0 fully saturated rings. The van der Waals surface area contributed by atoms with Gasteiger partial charge >= 0.3 is 0 Å². The van der Waals surface area contributed by atoms with Crippen LogP contribution in [0.2, 0.25) is 5.02 Å². The third-order valence-electron chi connectivity index (χ3n) is 3.66. The topological polar surface area (TPSA) is 49.8 Å². The summed E-state index contributed by atoms with van der Waals surface area (Å²) in [6, 6.07) is 17.7. The largest absolute Gasteiger partial charge is 0.366 e. The molecule has 3 aromatic rings. The van der Waals surface area contributed by atoms with E-state index in [9.17, 15) is 0 Å². The van der Waals surface area contributed by atoms with Gasteiger partial charge in [0.25, 0.3) is 0 Å². The van der Waals surface area contributed by atoms with Gasteiger partial charge in [-0.2, -0.15) is 0 Å². The Balaban J connectivity index is 1.75. The second-order valence-corrected chi connectivity index (χ2v) is 6.04. The molecule has 0 radical (unpaired) electrons. The molecule has 0 bridgehead atoms. The second kappa shape index (κ2) is 7.32. The number of benzene rings is 2. The number of hydrogen-bond donors (Lipinski definition) is 2. The quantitative estimate of drug-likeness (QED) is 0.679. The van der Waals surface area contributed by atoms with Crippen molar-refractivity contribution in [1.82, 2.24) is 9.97 Å². The van der Waals surface area contributed by atoms with Crippen molar-refractivity contribution in [2.45, 2.75) is 20.4 Å². The molecule has 2 aromatic carbocycles. The zero-order chi connectivity index (χ0) is 16.9. The van der Waals surface area contributed by atoms with Crippen LogP contribution >= 0.6 is 11.6 Å². The molecule has 122 valence electrons. The van der Waals surface area contributed by atoms with Crippen molar-refractivity contribution >= 4 is 28.9 Å². The maximum atomic E-state index is 6.02. The summed E-state index contributed by atoms with van der Waals surface area (Å²) >= 11 is 6.02. The highest BCUT2D eigenvalue weighted by atomic mass is 35.5. The van der Waals surface area contributed by atoms with Gasteiger partial charge in [0.2, 0.25) is 0 Å². The fourth-order valence-electron chi connectivity index (χ4n) is 2.43. The Morgan fingerprint density at radius 3 is 2.50 bits per heavy atom. The Morgan fingerprint density at radius 1 is 0.917 bits per heavy atom. The van der Waals surface area contributed by atoms with Crippen LogP contribution < -0.4 is 10.6 Å². The zero-order valence-electron chi connectivity index (χ0n) is 13.7. The van der Waals surface area contributed by atoms with Crippen molar-refractivity contribution in [3.05, 3.63) is 76.6 Å². The predicted molar refractivity (Wildman–Crippen MR) is 100 cm³/mol. The third kappa shape index (κ3) is 4.24. The second-order valence-electron chi connectivity index (χ2n) is 5.60. The molecule has 1 heterocycles. The molecule has 0 aliphatic heterocycles. The van der Waals surface area contributed by atoms with E-state index in [1.807, 2.05) is 49.4 Å². The molecule has 0 saturated carbocycles. The molecule has 4 nitrogen and oxygen atoms in total. The number of hydrogen-bond acceptors (Lipinski definition) is 4. The maximum Gasteiger partial charge on any atom is 0.136 e. The Morgan fingerprint density at radius 2 is 1.71 bits per heavy atom. The molecule has 0 aliphatic rings.